The molecule has 0 aliphatic carbocycles. The third-order valence-electron chi connectivity index (χ3n) is 0.397. The van der Waals surface area contributed by atoms with Gasteiger partial charge in [0.2, 0.25) is 0 Å². The number of nitrogens with zero attached hydrogens (tertiary/aromatic N) is 2. The molecule has 1 aromatic rings. The van der Waals surface area contributed by atoms with Crippen LogP contribution in [0.5, 0.6) is 0 Å². The molecule has 0 radical (unpaired) electrons. The summed E-state index contributed by atoms with van der Waals surface area (Å²) >= 11 is 0. The normalized spacial score (nSPS) is 12.7. The molecule has 0 unspecified atom stereocenters. The largest absolute Gasteiger partial charge is 0.159 e. The van der Waals surface area contributed by atoms with Crippen LogP contribution >= 0.6 is 0 Å². The van der Waals surface area contributed by atoms with Gasteiger partial charge in [-0.2, -0.15) is 10.2 Å². The van der Waals surface area contributed by atoms with E-state index in [9.17, 15) is 0 Å². The molecule has 0 aromatic carbocycles. The van der Waals surface area contributed by atoms with E-state index in [0.29, 0.717) is 0 Å². The van der Waals surface area contributed by atoms with Crippen molar-refractivity contribution >= 4 is 0 Å². The molecule has 0 bridgehead atoms. The van der Waals surface area contributed by atoms with Gasteiger partial charge >= 0.3 is 0 Å². The minimum atomic E-state index is -0.0764. The molecule has 0 atom stereocenters. The zero-order chi connectivity index (χ0) is 5.98. The smallest absolute Gasteiger partial charge is 0.0860 e. The maximum absolute atomic E-state index is 6.93. The predicted molar refractivity (Wildman–Crippen MR) is 22.0 cm³/mol. The monoisotopic (exact) mass is 82.1 g/mol. The average molecular weight is 82.1 g/mol. The van der Waals surface area contributed by atoms with Gasteiger partial charge in [0.1, 0.15) is 0 Å². The summed E-state index contributed by atoms with van der Waals surface area (Å²) in [6.07, 6.45) is 1.31. The van der Waals surface area contributed by atoms with Gasteiger partial charge < -0.3 is 0 Å². The van der Waals surface area contributed by atoms with E-state index in [1.54, 1.807) is 0 Å². The molecule has 0 aliphatic rings. The Hall–Kier alpha value is -0.920. The highest BCUT2D eigenvalue weighted by Gasteiger charge is 1.59. The van der Waals surface area contributed by atoms with Crippen LogP contribution in [0.25, 0.3) is 0 Å². The van der Waals surface area contributed by atoms with Crippen molar-refractivity contribution in [2.45, 2.75) is 0 Å². The molecular weight excluding hydrogens is 76.1 g/mol. The van der Waals surface area contributed by atoms with Gasteiger partial charge in [-0.1, -0.05) is 0 Å². The van der Waals surface area contributed by atoms with E-state index < -0.39 is 0 Å². The number of aromatic nitrogens is 2. The highest BCUT2D eigenvalue weighted by Crippen LogP contribution is 1.68. The fourth-order valence-corrected chi connectivity index (χ4v) is 0.199. The van der Waals surface area contributed by atoms with Crippen molar-refractivity contribution < 1.29 is 2.74 Å². The van der Waals surface area contributed by atoms with Crippen molar-refractivity contribution in [2.75, 3.05) is 0 Å². The lowest BCUT2D eigenvalue weighted by molar-refractivity contribution is 1.03. The first kappa shape index (κ1) is 1.69. The minimum absolute atomic E-state index is 0.0764. The second-order valence-corrected chi connectivity index (χ2v) is 0.787. The SMILES string of the molecule is [2H]c1ccnnc1[2H]. The average Bonchev–Trinajstić information content (AvgIpc) is 1.77. The molecule has 0 aliphatic heterocycles. The summed E-state index contributed by atoms with van der Waals surface area (Å²) in [6, 6.07) is 1.54. The van der Waals surface area contributed by atoms with Gasteiger partial charge in [-0.25, -0.2) is 0 Å². The topological polar surface area (TPSA) is 25.8 Å². The van der Waals surface area contributed by atoms with Gasteiger partial charge in [0.15, 0.2) is 0 Å². The van der Waals surface area contributed by atoms with Gasteiger partial charge in [0.05, 0.1) is 2.74 Å². The second kappa shape index (κ2) is 1.50. The third-order valence-corrected chi connectivity index (χ3v) is 0.397. The van der Waals surface area contributed by atoms with Gasteiger partial charge in [-0.3, -0.25) is 0 Å². The molecule has 2 heteroatoms. The summed E-state index contributed by atoms with van der Waals surface area (Å²) in [5.41, 5.74) is 0. The van der Waals surface area contributed by atoms with E-state index >= 15 is 0 Å². The Labute approximate surface area is 38.6 Å². The minimum Gasteiger partial charge on any atom is -0.159 e. The molecule has 1 rings (SSSR count). The Morgan fingerprint density at radius 2 is 2.50 bits per heavy atom. The highest BCUT2D eigenvalue weighted by atomic mass is 15.1. The summed E-state index contributed by atoms with van der Waals surface area (Å²) < 4.78 is 13.8. The maximum atomic E-state index is 6.93. The van der Waals surface area contributed by atoms with Crippen molar-refractivity contribution in [2.24, 2.45) is 0 Å². The standard InChI is InChI=1S/C4H4N2/c1-2-4-6-5-3-1/h1-4H/i1D,3D. The van der Waals surface area contributed by atoms with Crippen LogP contribution in [0, 0.1) is 0 Å². The maximum Gasteiger partial charge on any atom is 0.0860 e. The Bertz CT molecular complexity index is 168. The zero-order valence-electron chi connectivity index (χ0n) is 5.05. The lowest BCUT2D eigenvalue weighted by Gasteiger charge is -1.69. The number of hydrogen-bond donors (Lipinski definition) is 0. The Morgan fingerprint density at radius 3 is 3.00 bits per heavy atom. The van der Waals surface area contributed by atoms with Crippen LogP contribution in [0.3, 0.4) is 0 Å². The first-order valence-electron chi connectivity index (χ1n) is 2.55. The van der Waals surface area contributed by atoms with Crippen LogP contribution < -0.4 is 0 Å². The summed E-state index contributed by atoms with van der Waals surface area (Å²) in [6.45, 7) is 0. The molecule has 0 saturated heterocycles. The summed E-state index contributed by atoms with van der Waals surface area (Å²) in [4.78, 5) is 0. The van der Waals surface area contributed by atoms with Crippen molar-refractivity contribution in [3.8, 4) is 0 Å². The van der Waals surface area contributed by atoms with Crippen molar-refractivity contribution in [3.05, 3.63) is 24.5 Å². The molecule has 1 heterocycles. The molecule has 2 nitrogen and oxygen atoms in total. The molecular formula is C4H4N2. The first-order valence-corrected chi connectivity index (χ1v) is 1.55. The highest BCUT2D eigenvalue weighted by molar-refractivity contribution is 4.79. The van der Waals surface area contributed by atoms with Crippen LogP contribution in [-0.2, 0) is 0 Å². The number of rotatable bonds is 0. The van der Waals surface area contributed by atoms with Crippen molar-refractivity contribution in [3.63, 3.8) is 0 Å². The van der Waals surface area contributed by atoms with Crippen LogP contribution in [-0.4, -0.2) is 10.2 Å². The molecule has 1 aromatic heterocycles. The molecule has 0 fully saturated rings. The van der Waals surface area contributed by atoms with E-state index in [2.05, 4.69) is 10.2 Å². The summed E-state index contributed by atoms with van der Waals surface area (Å²) in [5, 5.41) is 6.70. The van der Waals surface area contributed by atoms with Crippen LogP contribution in [0.4, 0.5) is 0 Å². The predicted octanol–water partition coefficient (Wildman–Crippen LogP) is 0.477. The third kappa shape index (κ3) is 0.516. The van der Waals surface area contributed by atoms with E-state index in [1.165, 1.54) is 12.3 Å². The Morgan fingerprint density at radius 1 is 1.50 bits per heavy atom. The quantitative estimate of drug-likeness (QED) is 0.455. The molecule has 6 heavy (non-hydrogen) atoms. The van der Waals surface area contributed by atoms with E-state index in [-0.39, 0.29) is 12.2 Å². The van der Waals surface area contributed by atoms with Crippen molar-refractivity contribution in [1.29, 1.82) is 0 Å². The molecule has 30 valence electrons. The second-order valence-electron chi connectivity index (χ2n) is 0.787. The fraction of sp³-hybridized carbons (Fsp3) is 0. The summed E-state index contributed by atoms with van der Waals surface area (Å²) in [5.74, 6) is 0. The van der Waals surface area contributed by atoms with Gasteiger partial charge in [-0.15, -0.1) is 0 Å². The molecule has 0 spiro atoms. The van der Waals surface area contributed by atoms with Crippen LogP contribution in [0.15, 0.2) is 24.5 Å². The first-order chi connectivity index (χ1) is 3.80. The molecule has 0 amide bonds. The van der Waals surface area contributed by atoms with Crippen LogP contribution in [0.2, 0.25) is 0 Å². The lowest BCUT2D eigenvalue weighted by atomic mass is 10.6. The molecule has 0 N–H and O–H groups in total. The Kier molecular flexibility index (Phi) is 0.422. The Balaban J connectivity index is 3.13. The van der Waals surface area contributed by atoms with Gasteiger partial charge in [0, 0.05) is 12.4 Å². The fourth-order valence-electron chi connectivity index (χ4n) is 0.199. The van der Waals surface area contributed by atoms with Gasteiger partial charge in [0.25, 0.3) is 0 Å². The van der Waals surface area contributed by atoms with Crippen LogP contribution in [0.1, 0.15) is 2.74 Å². The van der Waals surface area contributed by atoms with E-state index in [0.717, 1.165) is 0 Å². The summed E-state index contributed by atoms with van der Waals surface area (Å²) in [7, 11) is 0. The van der Waals surface area contributed by atoms with E-state index in [4.69, 9.17) is 2.74 Å². The number of hydrogen-bond acceptors (Lipinski definition) is 2. The van der Waals surface area contributed by atoms with Gasteiger partial charge in [-0.05, 0) is 12.1 Å². The zero-order valence-corrected chi connectivity index (χ0v) is 3.05. The van der Waals surface area contributed by atoms with Crippen molar-refractivity contribution in [1.82, 2.24) is 10.2 Å². The lowest BCUT2D eigenvalue weighted by Crippen LogP contribution is -1.69. The molecule has 0 saturated carbocycles. The van der Waals surface area contributed by atoms with E-state index in [1.807, 2.05) is 0 Å².